The fourth-order valence-corrected chi connectivity index (χ4v) is 4.21. The van der Waals surface area contributed by atoms with Gasteiger partial charge in [-0.15, -0.1) is 0 Å². The molecule has 2 atom stereocenters. The molecule has 0 spiro atoms. The molecule has 0 bridgehead atoms. The Morgan fingerprint density at radius 2 is 1.08 bits per heavy atom. The van der Waals surface area contributed by atoms with Crippen LogP contribution in [-0.4, -0.2) is 29.4 Å². The van der Waals surface area contributed by atoms with Gasteiger partial charge in [-0.1, -0.05) is 84.5 Å². The quantitative estimate of drug-likeness (QED) is 0.212. The van der Waals surface area contributed by atoms with Crippen molar-refractivity contribution < 1.29 is 69.5 Å². The van der Waals surface area contributed by atoms with Crippen molar-refractivity contribution in [2.75, 3.05) is 0 Å². The van der Waals surface area contributed by atoms with Crippen LogP contribution < -0.4 is 51.4 Å². The summed E-state index contributed by atoms with van der Waals surface area (Å²) in [6.45, 7) is 4.32. The van der Waals surface area contributed by atoms with Crippen molar-refractivity contribution in [2.24, 2.45) is 0 Å². The topological polar surface area (TPSA) is 77.4 Å². The molecule has 0 saturated carbocycles. The molecule has 0 aliphatic rings. The fraction of sp³-hybridized carbons (Fsp3) is 1.00. The van der Waals surface area contributed by atoms with Crippen molar-refractivity contribution in [3.05, 3.63) is 0 Å². The third-order valence-corrected chi connectivity index (χ3v) is 6.28. The van der Waals surface area contributed by atoms with Crippen molar-refractivity contribution >= 4 is 10.1 Å². The number of unbranched alkanes of at least 4 members (excludes halogenated alkanes) is 9. The van der Waals surface area contributed by atoms with Crippen LogP contribution in [0, 0.1) is 0 Å². The molecule has 0 radical (unpaired) electrons. The van der Waals surface area contributed by atoms with Crippen LogP contribution in [0.15, 0.2) is 0 Å². The minimum absolute atomic E-state index is 0. The molecule has 0 fully saturated rings. The van der Waals surface area contributed by atoms with E-state index in [0.717, 1.165) is 44.9 Å². The van der Waals surface area contributed by atoms with Gasteiger partial charge in [-0.25, -0.2) is 8.42 Å². The van der Waals surface area contributed by atoms with Crippen molar-refractivity contribution in [1.82, 2.24) is 0 Å². The Morgan fingerprint density at radius 1 is 0.692 bits per heavy atom. The van der Waals surface area contributed by atoms with Gasteiger partial charge in [-0.2, -0.15) is 0 Å². The summed E-state index contributed by atoms with van der Waals surface area (Å²) in [5, 5.41) is 9.26. The summed E-state index contributed by atoms with van der Waals surface area (Å²) in [6.07, 6.45) is 15.1. The molecule has 152 valence electrons. The van der Waals surface area contributed by atoms with Crippen LogP contribution in [0.2, 0.25) is 0 Å². The monoisotopic (exact) mass is 416 g/mol. The molecular weight excluding hydrogens is 375 g/mol. The molecule has 2 unspecified atom stereocenters. The van der Waals surface area contributed by atoms with Crippen molar-refractivity contribution in [3.63, 3.8) is 0 Å². The van der Waals surface area contributed by atoms with Gasteiger partial charge in [0, 0.05) is 5.25 Å². The molecule has 0 aliphatic heterocycles. The van der Waals surface area contributed by atoms with E-state index in [1.807, 2.05) is 0 Å². The Labute approximate surface area is 205 Å². The third-order valence-electron chi connectivity index (χ3n) is 4.99. The van der Waals surface area contributed by atoms with Gasteiger partial charge in [0.1, 0.15) is 0 Å². The van der Waals surface area contributed by atoms with Crippen LogP contribution in [0.25, 0.3) is 0 Å². The maximum Gasteiger partial charge on any atom is 1.00 e. The first-order chi connectivity index (χ1) is 11.9. The second-order valence-electron chi connectivity index (χ2n) is 7.46. The van der Waals surface area contributed by atoms with Crippen molar-refractivity contribution in [1.29, 1.82) is 0 Å². The van der Waals surface area contributed by atoms with E-state index >= 15 is 0 Å². The minimum atomic E-state index is -4.21. The second kappa shape index (κ2) is 19.8. The van der Waals surface area contributed by atoms with Crippen LogP contribution in [0.3, 0.4) is 0 Å². The fourth-order valence-electron chi connectivity index (χ4n) is 3.29. The molecule has 0 aromatic rings. The van der Waals surface area contributed by atoms with Gasteiger partial charge in [-0.3, -0.25) is 0 Å². The normalized spacial score (nSPS) is 14.0. The first-order valence-corrected chi connectivity index (χ1v) is 12.0. The first-order valence-electron chi connectivity index (χ1n) is 10.5. The summed E-state index contributed by atoms with van der Waals surface area (Å²) in [6, 6.07) is 0. The molecule has 0 rings (SSSR count). The zero-order valence-corrected chi connectivity index (χ0v) is 21.5. The zero-order chi connectivity index (χ0) is 19.0. The molecular formula is C20H41KO4S. The summed E-state index contributed by atoms with van der Waals surface area (Å²) in [4.78, 5) is 0. The van der Waals surface area contributed by atoms with Gasteiger partial charge in [0.05, 0.1) is 16.2 Å². The maximum atomic E-state index is 11.4. The van der Waals surface area contributed by atoms with Gasteiger partial charge in [0.15, 0.2) is 0 Å². The molecule has 0 heterocycles. The SMILES string of the molecule is CCCCCCCCCC(O)CCCC(CCCCCC)S(=O)(=O)[O-].[K+]. The Morgan fingerprint density at radius 3 is 1.62 bits per heavy atom. The van der Waals surface area contributed by atoms with Crippen molar-refractivity contribution in [2.45, 2.75) is 128 Å². The van der Waals surface area contributed by atoms with Gasteiger partial charge in [0.25, 0.3) is 0 Å². The van der Waals surface area contributed by atoms with Gasteiger partial charge in [-0.05, 0) is 32.1 Å². The molecule has 0 amide bonds. The van der Waals surface area contributed by atoms with Gasteiger partial charge in [0.2, 0.25) is 0 Å². The Bertz CT molecular complexity index is 387. The van der Waals surface area contributed by atoms with E-state index in [1.165, 1.54) is 32.1 Å². The molecule has 4 nitrogen and oxygen atoms in total. The molecule has 0 aromatic carbocycles. The smallest absolute Gasteiger partial charge is 0.748 e. The number of rotatable bonds is 18. The number of aliphatic hydroxyl groups excluding tert-OH is 1. The van der Waals surface area contributed by atoms with Crippen LogP contribution in [0.1, 0.15) is 117 Å². The Hall–Kier alpha value is 1.51. The predicted octanol–water partition coefficient (Wildman–Crippen LogP) is 2.55. The largest absolute Gasteiger partial charge is 1.00 e. The molecule has 1 N–H and O–H groups in total. The number of aliphatic hydroxyl groups is 1. The van der Waals surface area contributed by atoms with Crippen LogP contribution in [0.5, 0.6) is 0 Å². The summed E-state index contributed by atoms with van der Waals surface area (Å²) < 4.78 is 34.1. The molecule has 0 saturated heterocycles. The number of hydrogen-bond acceptors (Lipinski definition) is 4. The van der Waals surface area contributed by atoms with E-state index in [-0.39, 0.29) is 57.5 Å². The van der Waals surface area contributed by atoms with Crippen LogP contribution in [-0.2, 0) is 10.1 Å². The summed E-state index contributed by atoms with van der Waals surface area (Å²) in [5.74, 6) is 0. The minimum Gasteiger partial charge on any atom is -0.748 e. The van der Waals surface area contributed by atoms with E-state index < -0.39 is 15.4 Å². The average molecular weight is 417 g/mol. The molecule has 0 aliphatic carbocycles. The molecule has 6 heteroatoms. The van der Waals surface area contributed by atoms with Gasteiger partial charge < -0.3 is 9.66 Å². The number of hydrogen-bond donors (Lipinski definition) is 1. The first kappa shape index (κ1) is 29.7. The van der Waals surface area contributed by atoms with Gasteiger partial charge >= 0.3 is 51.4 Å². The zero-order valence-electron chi connectivity index (χ0n) is 17.5. The van der Waals surface area contributed by atoms with E-state index in [2.05, 4.69) is 13.8 Å². The predicted molar refractivity (Wildman–Crippen MR) is 105 cm³/mol. The summed E-state index contributed by atoms with van der Waals surface area (Å²) in [7, 11) is -4.21. The van der Waals surface area contributed by atoms with E-state index in [1.54, 1.807) is 0 Å². The second-order valence-corrected chi connectivity index (χ2v) is 9.11. The van der Waals surface area contributed by atoms with Crippen LogP contribution >= 0.6 is 0 Å². The Kier molecular flexibility index (Phi) is 22.6. The third kappa shape index (κ3) is 18.9. The summed E-state index contributed by atoms with van der Waals surface area (Å²) in [5.41, 5.74) is 0. The maximum absolute atomic E-state index is 11.4. The molecule has 0 aromatic heterocycles. The standard InChI is InChI=1S/C20H42O4S.K/c1-3-5-7-9-10-11-12-15-19(21)16-14-18-20(25(22,23)24)17-13-8-6-4-2;/h19-21H,3-18H2,1-2H3,(H,22,23,24);/q;+1/p-1. The van der Waals surface area contributed by atoms with Crippen molar-refractivity contribution in [3.8, 4) is 0 Å². The summed E-state index contributed by atoms with van der Waals surface area (Å²) >= 11 is 0. The van der Waals surface area contributed by atoms with E-state index in [9.17, 15) is 18.1 Å². The van der Waals surface area contributed by atoms with Crippen LogP contribution in [0.4, 0.5) is 0 Å². The average Bonchev–Trinajstić information content (AvgIpc) is 2.55. The van der Waals surface area contributed by atoms with E-state index in [0.29, 0.717) is 25.7 Å². The Balaban J connectivity index is 0. The van der Waals surface area contributed by atoms with E-state index in [4.69, 9.17) is 0 Å². The molecule has 26 heavy (non-hydrogen) atoms.